The summed E-state index contributed by atoms with van der Waals surface area (Å²) in [5.74, 6) is 0. The normalized spacial score (nSPS) is 9.56. The SMILES string of the molecule is Cc1cc([N+](=O)[O-])c(NC=O)c([N+](=O)[O-])c1. The summed E-state index contributed by atoms with van der Waals surface area (Å²) in [5, 5.41) is 23.3. The molecule has 8 nitrogen and oxygen atoms in total. The van der Waals surface area contributed by atoms with Gasteiger partial charge in [0.25, 0.3) is 11.4 Å². The molecule has 0 atom stereocenters. The van der Waals surface area contributed by atoms with Crippen LogP contribution in [0, 0.1) is 27.2 Å². The average Bonchev–Trinajstić information content (AvgIpc) is 2.19. The first kappa shape index (κ1) is 11.6. The van der Waals surface area contributed by atoms with E-state index in [1.165, 1.54) is 6.92 Å². The van der Waals surface area contributed by atoms with Gasteiger partial charge in [0.1, 0.15) is 0 Å². The standard InChI is InChI=1S/C8H7N3O5/c1-5-2-6(10(13)14)8(9-4-12)7(3-5)11(15)16/h2-4H,1H3,(H,9,12). The predicted molar refractivity (Wildman–Crippen MR) is 54.2 cm³/mol. The topological polar surface area (TPSA) is 115 Å². The van der Waals surface area contributed by atoms with Crippen LogP contribution in [0.15, 0.2) is 12.1 Å². The number of rotatable bonds is 4. The lowest BCUT2D eigenvalue weighted by Crippen LogP contribution is -2.04. The predicted octanol–water partition coefficient (Wildman–Crippen LogP) is 1.38. The highest BCUT2D eigenvalue weighted by molar-refractivity contribution is 5.84. The first-order chi connectivity index (χ1) is 7.47. The molecule has 0 fully saturated rings. The van der Waals surface area contributed by atoms with Crippen molar-refractivity contribution < 1.29 is 14.6 Å². The van der Waals surface area contributed by atoms with Crippen LogP contribution in [0.3, 0.4) is 0 Å². The molecule has 0 radical (unpaired) electrons. The quantitative estimate of drug-likeness (QED) is 0.472. The van der Waals surface area contributed by atoms with Gasteiger partial charge in [-0.2, -0.15) is 0 Å². The molecule has 0 unspecified atom stereocenters. The summed E-state index contributed by atoms with van der Waals surface area (Å²) in [4.78, 5) is 30.0. The van der Waals surface area contributed by atoms with E-state index in [4.69, 9.17) is 0 Å². The van der Waals surface area contributed by atoms with Crippen molar-refractivity contribution in [2.24, 2.45) is 0 Å². The zero-order chi connectivity index (χ0) is 12.3. The lowest BCUT2D eigenvalue weighted by molar-refractivity contribution is -0.392. The van der Waals surface area contributed by atoms with Crippen LogP contribution < -0.4 is 5.32 Å². The molecule has 1 amide bonds. The molecule has 8 heteroatoms. The maximum absolute atomic E-state index is 10.7. The molecular formula is C8H7N3O5. The molecule has 1 aromatic rings. The minimum Gasteiger partial charge on any atom is -0.317 e. The van der Waals surface area contributed by atoms with E-state index < -0.39 is 26.9 Å². The van der Waals surface area contributed by atoms with E-state index in [2.05, 4.69) is 0 Å². The van der Waals surface area contributed by atoms with Gasteiger partial charge in [-0.3, -0.25) is 25.0 Å². The maximum atomic E-state index is 10.7. The third-order valence-electron chi connectivity index (χ3n) is 1.84. The molecular weight excluding hydrogens is 218 g/mol. The molecule has 16 heavy (non-hydrogen) atoms. The van der Waals surface area contributed by atoms with Crippen LogP contribution in [0.1, 0.15) is 5.56 Å². The second-order valence-electron chi connectivity index (χ2n) is 2.95. The second kappa shape index (κ2) is 4.34. The fourth-order valence-corrected chi connectivity index (χ4v) is 1.24. The lowest BCUT2D eigenvalue weighted by atomic mass is 10.1. The highest BCUT2D eigenvalue weighted by Gasteiger charge is 2.25. The van der Waals surface area contributed by atoms with Gasteiger partial charge in [0.2, 0.25) is 6.41 Å². The van der Waals surface area contributed by atoms with E-state index in [-0.39, 0.29) is 6.41 Å². The van der Waals surface area contributed by atoms with Crippen LogP contribution in [0.25, 0.3) is 0 Å². The summed E-state index contributed by atoms with van der Waals surface area (Å²) in [6.45, 7) is 1.49. The first-order valence-corrected chi connectivity index (χ1v) is 4.11. The molecule has 0 aliphatic carbocycles. The fraction of sp³-hybridized carbons (Fsp3) is 0.125. The molecule has 0 saturated heterocycles. The number of nitro benzene ring substituents is 2. The van der Waals surface area contributed by atoms with E-state index >= 15 is 0 Å². The van der Waals surface area contributed by atoms with Gasteiger partial charge in [0.15, 0.2) is 5.69 Å². The van der Waals surface area contributed by atoms with Crippen LogP contribution in [0.5, 0.6) is 0 Å². The summed E-state index contributed by atoms with van der Waals surface area (Å²) in [6, 6.07) is 2.30. The Morgan fingerprint density at radius 3 is 1.94 bits per heavy atom. The molecule has 1 aromatic carbocycles. The Labute approximate surface area is 89.2 Å². The Bertz CT molecular complexity index is 436. The van der Waals surface area contributed by atoms with Crippen molar-refractivity contribution in [1.82, 2.24) is 0 Å². The molecule has 0 spiro atoms. The van der Waals surface area contributed by atoms with Crippen molar-refractivity contribution in [3.05, 3.63) is 37.9 Å². The van der Waals surface area contributed by atoms with Crippen LogP contribution >= 0.6 is 0 Å². The summed E-state index contributed by atoms with van der Waals surface area (Å²) in [7, 11) is 0. The molecule has 84 valence electrons. The van der Waals surface area contributed by atoms with Crippen LogP contribution in [-0.2, 0) is 4.79 Å². The minimum absolute atomic E-state index is 0.157. The van der Waals surface area contributed by atoms with Gasteiger partial charge >= 0.3 is 0 Å². The Balaban J connectivity index is 3.52. The number of nitro groups is 2. The van der Waals surface area contributed by atoms with Gasteiger partial charge in [0, 0.05) is 12.1 Å². The van der Waals surface area contributed by atoms with E-state index in [0.29, 0.717) is 5.56 Å². The highest BCUT2D eigenvalue weighted by atomic mass is 16.6. The Morgan fingerprint density at radius 2 is 1.62 bits per heavy atom. The molecule has 0 aliphatic rings. The third kappa shape index (κ3) is 2.11. The van der Waals surface area contributed by atoms with Crippen molar-refractivity contribution in [1.29, 1.82) is 0 Å². The smallest absolute Gasteiger partial charge is 0.300 e. The number of benzene rings is 1. The molecule has 0 aromatic heterocycles. The fourth-order valence-electron chi connectivity index (χ4n) is 1.24. The van der Waals surface area contributed by atoms with Crippen molar-refractivity contribution in [3.63, 3.8) is 0 Å². The number of aryl methyl sites for hydroxylation is 1. The van der Waals surface area contributed by atoms with Crippen molar-refractivity contribution in [3.8, 4) is 0 Å². The maximum Gasteiger partial charge on any atom is 0.300 e. The Kier molecular flexibility index (Phi) is 3.14. The number of amides is 1. The van der Waals surface area contributed by atoms with Crippen LogP contribution in [0.4, 0.5) is 17.1 Å². The summed E-state index contributed by atoms with van der Waals surface area (Å²) < 4.78 is 0. The molecule has 0 aliphatic heterocycles. The number of nitrogens with zero attached hydrogens (tertiary/aromatic N) is 2. The Morgan fingerprint density at radius 1 is 1.19 bits per heavy atom. The van der Waals surface area contributed by atoms with E-state index in [1.807, 2.05) is 5.32 Å². The number of carbonyl (C=O) groups is 1. The first-order valence-electron chi connectivity index (χ1n) is 4.11. The number of hydrogen-bond donors (Lipinski definition) is 1. The summed E-state index contributed by atoms with van der Waals surface area (Å²) >= 11 is 0. The lowest BCUT2D eigenvalue weighted by Gasteiger charge is -2.03. The zero-order valence-corrected chi connectivity index (χ0v) is 8.17. The van der Waals surface area contributed by atoms with Gasteiger partial charge in [-0.15, -0.1) is 0 Å². The van der Waals surface area contributed by atoms with Gasteiger partial charge in [-0.05, 0) is 12.5 Å². The van der Waals surface area contributed by atoms with E-state index in [0.717, 1.165) is 12.1 Å². The molecule has 0 saturated carbocycles. The van der Waals surface area contributed by atoms with Gasteiger partial charge < -0.3 is 5.32 Å². The van der Waals surface area contributed by atoms with E-state index in [1.54, 1.807) is 0 Å². The highest BCUT2D eigenvalue weighted by Crippen LogP contribution is 2.34. The minimum atomic E-state index is -0.786. The zero-order valence-electron chi connectivity index (χ0n) is 8.17. The van der Waals surface area contributed by atoms with Crippen LogP contribution in [0.2, 0.25) is 0 Å². The summed E-state index contributed by atoms with van der Waals surface area (Å²) in [6.07, 6.45) is 0.157. The van der Waals surface area contributed by atoms with E-state index in [9.17, 15) is 25.0 Å². The van der Waals surface area contributed by atoms with Crippen molar-refractivity contribution >= 4 is 23.5 Å². The van der Waals surface area contributed by atoms with Gasteiger partial charge in [-0.25, -0.2) is 0 Å². The Hall–Kier alpha value is -2.51. The number of carbonyl (C=O) groups excluding carboxylic acids is 1. The summed E-state index contributed by atoms with van der Waals surface area (Å²) in [5.41, 5.74) is -1.04. The molecule has 0 bridgehead atoms. The van der Waals surface area contributed by atoms with Gasteiger partial charge in [0.05, 0.1) is 9.85 Å². The van der Waals surface area contributed by atoms with Crippen LogP contribution in [-0.4, -0.2) is 16.3 Å². The average molecular weight is 225 g/mol. The monoisotopic (exact) mass is 225 g/mol. The second-order valence-corrected chi connectivity index (χ2v) is 2.95. The number of nitrogens with one attached hydrogen (secondary N) is 1. The molecule has 1 rings (SSSR count). The van der Waals surface area contributed by atoms with Crippen molar-refractivity contribution in [2.45, 2.75) is 6.92 Å². The number of anilines is 1. The number of hydrogen-bond acceptors (Lipinski definition) is 5. The largest absolute Gasteiger partial charge is 0.317 e. The van der Waals surface area contributed by atoms with Crippen molar-refractivity contribution in [2.75, 3.05) is 5.32 Å². The van der Waals surface area contributed by atoms with Gasteiger partial charge in [-0.1, -0.05) is 0 Å². The third-order valence-corrected chi connectivity index (χ3v) is 1.84. The molecule has 0 heterocycles. The molecule has 1 N–H and O–H groups in total.